The summed E-state index contributed by atoms with van der Waals surface area (Å²) < 4.78 is 0. The maximum atomic E-state index is 12.8. The van der Waals surface area contributed by atoms with Crippen molar-refractivity contribution < 1.29 is 9.59 Å². The molecule has 0 atom stereocenters. The van der Waals surface area contributed by atoms with E-state index >= 15 is 0 Å². The fourth-order valence-electron chi connectivity index (χ4n) is 5.06. The van der Waals surface area contributed by atoms with Crippen molar-refractivity contribution in [3.63, 3.8) is 0 Å². The summed E-state index contributed by atoms with van der Waals surface area (Å²) in [7, 11) is 3.97. The summed E-state index contributed by atoms with van der Waals surface area (Å²) in [6.45, 7) is 0. The van der Waals surface area contributed by atoms with E-state index < -0.39 is 5.91 Å². The molecular formula is C30H33N7O2. The van der Waals surface area contributed by atoms with Gasteiger partial charge in [-0.3, -0.25) is 14.6 Å². The lowest BCUT2D eigenvalue weighted by Crippen LogP contribution is -2.28. The second-order valence-electron chi connectivity index (χ2n) is 10.3. The molecule has 1 aliphatic rings. The van der Waals surface area contributed by atoms with Crippen molar-refractivity contribution in [2.24, 2.45) is 11.7 Å². The number of carbonyl (C=O) groups is 2. The lowest BCUT2D eigenvalue weighted by Gasteiger charge is -2.29. The number of nitrogens with two attached hydrogens (primary N) is 1. The first-order valence-electron chi connectivity index (χ1n) is 13.2. The molecule has 1 saturated carbocycles. The van der Waals surface area contributed by atoms with Crippen LogP contribution in [0.5, 0.6) is 0 Å². The number of hydrogen-bond acceptors (Lipinski definition) is 8. The van der Waals surface area contributed by atoms with E-state index in [1.807, 2.05) is 73.6 Å². The van der Waals surface area contributed by atoms with Crippen molar-refractivity contribution in [2.45, 2.75) is 38.1 Å². The van der Waals surface area contributed by atoms with E-state index in [-0.39, 0.29) is 17.5 Å². The zero-order valence-electron chi connectivity index (χ0n) is 22.2. The molecular weight excluding hydrogens is 490 g/mol. The van der Waals surface area contributed by atoms with Gasteiger partial charge in [0.2, 0.25) is 0 Å². The molecule has 2 heterocycles. The summed E-state index contributed by atoms with van der Waals surface area (Å²) >= 11 is 0. The Labute approximate surface area is 227 Å². The summed E-state index contributed by atoms with van der Waals surface area (Å²) in [5.74, 6) is 0.790. The Morgan fingerprint density at radius 2 is 1.77 bits per heavy atom. The Kier molecular flexibility index (Phi) is 7.67. The predicted molar refractivity (Wildman–Crippen MR) is 155 cm³/mol. The molecule has 9 nitrogen and oxygen atoms in total. The normalized spacial score (nSPS) is 17.0. The summed E-state index contributed by atoms with van der Waals surface area (Å²) in [6.07, 6.45) is 7.63. The summed E-state index contributed by atoms with van der Waals surface area (Å²) in [6, 6.07) is 17.6. The van der Waals surface area contributed by atoms with Gasteiger partial charge in [0.15, 0.2) is 17.3 Å². The number of anilines is 4. The molecule has 4 aromatic rings. The Bertz CT molecular complexity index is 1480. The topological polar surface area (TPSA) is 126 Å². The third kappa shape index (κ3) is 6.31. The highest BCUT2D eigenvalue weighted by molar-refractivity contribution is 5.97. The van der Waals surface area contributed by atoms with E-state index in [0.29, 0.717) is 24.0 Å². The molecule has 0 spiro atoms. The van der Waals surface area contributed by atoms with Gasteiger partial charge in [-0.15, -0.1) is 0 Å². The predicted octanol–water partition coefficient (Wildman–Crippen LogP) is 5.18. The van der Waals surface area contributed by atoms with E-state index in [1.165, 1.54) is 0 Å². The van der Waals surface area contributed by atoms with E-state index in [9.17, 15) is 9.59 Å². The number of pyridine rings is 1. The second kappa shape index (κ2) is 11.5. The van der Waals surface area contributed by atoms with Gasteiger partial charge in [0, 0.05) is 55.1 Å². The molecule has 0 radical (unpaired) electrons. The highest BCUT2D eigenvalue weighted by Crippen LogP contribution is 2.30. The van der Waals surface area contributed by atoms with Crippen LogP contribution in [0, 0.1) is 5.92 Å². The Hall–Kier alpha value is -4.53. The number of ketones is 1. The molecule has 2 aromatic carbocycles. The van der Waals surface area contributed by atoms with E-state index in [4.69, 9.17) is 5.73 Å². The van der Waals surface area contributed by atoms with Gasteiger partial charge in [-0.1, -0.05) is 6.07 Å². The standard InChI is InChI=1S/C30H33N7O2/c1-37(2)24-12-7-20(8-13-24)26(38)16-19-5-9-22(10-6-19)34-27-18-33-28(29(31)39)30(36-27)35-23-11-14-25-21(17-23)4-3-15-32-25/h3-4,7-8,11-15,17-19,22H,5-6,9-10,16H2,1-2H3,(H2,31,39)(H2,34,35,36). The summed E-state index contributed by atoms with van der Waals surface area (Å²) in [5, 5.41) is 7.62. The Morgan fingerprint density at radius 3 is 2.49 bits per heavy atom. The van der Waals surface area contributed by atoms with Crippen LogP contribution in [-0.2, 0) is 0 Å². The molecule has 200 valence electrons. The van der Waals surface area contributed by atoms with Crippen molar-refractivity contribution in [2.75, 3.05) is 29.6 Å². The molecule has 39 heavy (non-hydrogen) atoms. The van der Waals surface area contributed by atoms with Gasteiger partial charge < -0.3 is 21.3 Å². The first-order valence-corrected chi connectivity index (χ1v) is 13.2. The average Bonchev–Trinajstić information content (AvgIpc) is 2.94. The van der Waals surface area contributed by atoms with Gasteiger partial charge in [0.1, 0.15) is 5.82 Å². The Morgan fingerprint density at radius 1 is 1.00 bits per heavy atom. The van der Waals surface area contributed by atoms with E-state index in [2.05, 4.69) is 25.6 Å². The number of benzene rings is 2. The van der Waals surface area contributed by atoms with E-state index in [0.717, 1.165) is 53.5 Å². The second-order valence-corrected chi connectivity index (χ2v) is 10.3. The largest absolute Gasteiger partial charge is 0.378 e. The third-order valence-corrected chi connectivity index (χ3v) is 7.25. The first-order chi connectivity index (χ1) is 18.9. The molecule has 0 saturated heterocycles. The minimum atomic E-state index is -0.652. The van der Waals surface area contributed by atoms with Crippen molar-refractivity contribution in [1.29, 1.82) is 0 Å². The minimum absolute atomic E-state index is 0.0765. The van der Waals surface area contributed by atoms with Crippen molar-refractivity contribution in [3.05, 3.63) is 78.2 Å². The molecule has 1 fully saturated rings. The number of fused-ring (bicyclic) bond motifs is 1. The number of nitrogens with one attached hydrogen (secondary N) is 2. The molecule has 0 aliphatic heterocycles. The maximum absolute atomic E-state index is 12.8. The fraction of sp³-hybridized carbons (Fsp3) is 0.300. The van der Waals surface area contributed by atoms with Gasteiger partial charge in [0.05, 0.1) is 11.7 Å². The number of amides is 1. The van der Waals surface area contributed by atoms with Crippen LogP contribution in [0.15, 0.2) is 67.0 Å². The lowest BCUT2D eigenvalue weighted by molar-refractivity contribution is 0.0947. The quantitative estimate of drug-likeness (QED) is 0.256. The van der Waals surface area contributed by atoms with Gasteiger partial charge in [-0.05, 0) is 80.1 Å². The van der Waals surface area contributed by atoms with Crippen LogP contribution < -0.4 is 21.3 Å². The van der Waals surface area contributed by atoms with Gasteiger partial charge in [-0.25, -0.2) is 9.97 Å². The number of Topliss-reactive ketones (excluding diaryl/α,β-unsaturated/α-hetero) is 1. The van der Waals surface area contributed by atoms with Crippen molar-refractivity contribution in [3.8, 4) is 0 Å². The third-order valence-electron chi connectivity index (χ3n) is 7.25. The number of hydrogen-bond donors (Lipinski definition) is 3. The maximum Gasteiger partial charge on any atom is 0.271 e. The Balaban J connectivity index is 1.20. The highest BCUT2D eigenvalue weighted by Gasteiger charge is 2.24. The number of carbonyl (C=O) groups excluding carboxylic acids is 2. The van der Waals surface area contributed by atoms with Gasteiger partial charge in [-0.2, -0.15) is 0 Å². The number of aromatic nitrogens is 3. The monoisotopic (exact) mass is 523 g/mol. The zero-order valence-corrected chi connectivity index (χ0v) is 22.2. The van der Waals surface area contributed by atoms with Crippen molar-refractivity contribution >= 4 is 45.6 Å². The van der Waals surface area contributed by atoms with Crippen LogP contribution in [0.2, 0.25) is 0 Å². The summed E-state index contributed by atoms with van der Waals surface area (Å²) in [5.41, 5.74) is 9.13. The smallest absolute Gasteiger partial charge is 0.271 e. The minimum Gasteiger partial charge on any atom is -0.378 e. The van der Waals surface area contributed by atoms with Gasteiger partial charge in [0.25, 0.3) is 5.91 Å². The molecule has 5 rings (SSSR count). The molecule has 2 aromatic heterocycles. The van der Waals surface area contributed by atoms with Crippen LogP contribution in [0.1, 0.15) is 53.0 Å². The first kappa shape index (κ1) is 26.1. The zero-order chi connectivity index (χ0) is 27.4. The van der Waals surface area contributed by atoms with Crippen LogP contribution in [-0.4, -0.2) is 46.8 Å². The molecule has 1 amide bonds. The SMILES string of the molecule is CN(C)c1ccc(C(=O)CC2CCC(Nc3cnc(C(N)=O)c(Nc4ccc5ncccc5c4)n3)CC2)cc1. The molecule has 9 heteroatoms. The molecule has 4 N–H and O–H groups in total. The van der Waals surface area contributed by atoms with Crippen LogP contribution in [0.4, 0.5) is 23.0 Å². The van der Waals surface area contributed by atoms with Crippen molar-refractivity contribution in [1.82, 2.24) is 15.0 Å². The van der Waals surface area contributed by atoms with Crippen LogP contribution in [0.3, 0.4) is 0 Å². The molecule has 0 bridgehead atoms. The van der Waals surface area contributed by atoms with Crippen LogP contribution >= 0.6 is 0 Å². The van der Waals surface area contributed by atoms with Gasteiger partial charge >= 0.3 is 0 Å². The number of primary amides is 1. The molecule has 1 aliphatic carbocycles. The fourth-order valence-corrected chi connectivity index (χ4v) is 5.06. The van der Waals surface area contributed by atoms with Crippen LogP contribution in [0.25, 0.3) is 10.9 Å². The summed E-state index contributed by atoms with van der Waals surface area (Å²) in [4.78, 5) is 40.1. The molecule has 0 unspecified atom stereocenters. The highest BCUT2D eigenvalue weighted by atomic mass is 16.1. The number of rotatable bonds is 9. The average molecular weight is 524 g/mol. The van der Waals surface area contributed by atoms with E-state index in [1.54, 1.807) is 12.4 Å². The lowest BCUT2D eigenvalue weighted by atomic mass is 9.82. The number of nitrogens with zero attached hydrogens (tertiary/aromatic N) is 4.